The van der Waals surface area contributed by atoms with Crippen molar-refractivity contribution in [2.75, 3.05) is 17.2 Å². The Bertz CT molecular complexity index is 913. The Morgan fingerprint density at radius 2 is 1.61 bits per heavy atom. The van der Waals surface area contributed by atoms with Crippen LogP contribution in [0.4, 0.5) is 20.2 Å². The molecule has 0 bridgehead atoms. The van der Waals surface area contributed by atoms with Crippen molar-refractivity contribution in [3.63, 3.8) is 0 Å². The minimum absolute atomic E-state index is 0.0108. The fraction of sp³-hybridized carbons (Fsp3) is 0.250. The molecule has 0 aliphatic carbocycles. The summed E-state index contributed by atoms with van der Waals surface area (Å²) in [6.07, 6.45) is 0. The van der Waals surface area contributed by atoms with Crippen LogP contribution in [0.3, 0.4) is 0 Å². The van der Waals surface area contributed by atoms with Crippen LogP contribution in [-0.2, 0) is 14.3 Å². The molecule has 0 saturated carbocycles. The number of ether oxygens (including phenoxy) is 1. The van der Waals surface area contributed by atoms with Crippen molar-refractivity contribution in [1.82, 2.24) is 0 Å². The summed E-state index contributed by atoms with van der Waals surface area (Å²) in [5.41, 5.74) is -1.22. The van der Waals surface area contributed by atoms with Crippen LogP contribution in [-0.4, -0.2) is 24.4 Å². The number of esters is 1. The molecule has 2 rings (SSSR count). The van der Waals surface area contributed by atoms with Gasteiger partial charge in [-0.1, -0.05) is 12.1 Å². The largest absolute Gasteiger partial charge is 0.462 e. The molecule has 2 amide bonds. The third-order valence-corrected chi connectivity index (χ3v) is 3.98. The van der Waals surface area contributed by atoms with Gasteiger partial charge in [-0.05, 0) is 45.0 Å². The Balaban J connectivity index is 2.17. The van der Waals surface area contributed by atoms with Gasteiger partial charge in [-0.2, -0.15) is 0 Å². The van der Waals surface area contributed by atoms with Crippen LogP contribution in [0.1, 0.15) is 31.1 Å². The highest BCUT2D eigenvalue weighted by Gasteiger charge is 2.36. The normalized spacial score (nSPS) is 10.9. The van der Waals surface area contributed by atoms with Crippen LogP contribution < -0.4 is 10.6 Å². The Morgan fingerprint density at radius 3 is 2.25 bits per heavy atom. The molecule has 28 heavy (non-hydrogen) atoms. The molecule has 0 radical (unpaired) electrons. The zero-order valence-electron chi connectivity index (χ0n) is 15.6. The topological polar surface area (TPSA) is 84.5 Å². The van der Waals surface area contributed by atoms with Gasteiger partial charge in [0.2, 0.25) is 11.8 Å². The highest BCUT2D eigenvalue weighted by Crippen LogP contribution is 2.24. The second-order valence-electron chi connectivity index (χ2n) is 6.43. The Hall–Kier alpha value is -3.29. The van der Waals surface area contributed by atoms with Crippen LogP contribution in [0.5, 0.6) is 0 Å². The third kappa shape index (κ3) is 4.70. The van der Waals surface area contributed by atoms with E-state index in [2.05, 4.69) is 10.6 Å². The number of rotatable bonds is 6. The molecule has 6 nitrogen and oxygen atoms in total. The van der Waals surface area contributed by atoms with Gasteiger partial charge in [0.05, 0.1) is 17.9 Å². The number of para-hydroxylation sites is 1. The second-order valence-corrected chi connectivity index (χ2v) is 6.43. The van der Waals surface area contributed by atoms with E-state index in [0.29, 0.717) is 0 Å². The van der Waals surface area contributed by atoms with Crippen LogP contribution in [0.25, 0.3) is 0 Å². The van der Waals surface area contributed by atoms with Gasteiger partial charge >= 0.3 is 5.97 Å². The number of carbonyl (C=O) groups excluding carboxylic acids is 3. The summed E-state index contributed by atoms with van der Waals surface area (Å²) < 4.78 is 31.3. The minimum atomic E-state index is -1.58. The van der Waals surface area contributed by atoms with E-state index < -0.39 is 34.8 Å². The summed E-state index contributed by atoms with van der Waals surface area (Å²) in [4.78, 5) is 37.2. The van der Waals surface area contributed by atoms with Crippen molar-refractivity contribution >= 4 is 29.2 Å². The first-order chi connectivity index (χ1) is 13.2. The lowest BCUT2D eigenvalue weighted by Crippen LogP contribution is -2.41. The third-order valence-electron chi connectivity index (χ3n) is 3.98. The molecule has 0 aliphatic rings. The molecule has 0 heterocycles. The summed E-state index contributed by atoms with van der Waals surface area (Å²) in [5, 5.41) is 4.92. The molecule has 0 saturated heterocycles. The monoisotopic (exact) mass is 390 g/mol. The lowest BCUT2D eigenvalue weighted by atomic mass is 9.90. The zero-order chi connectivity index (χ0) is 20.9. The maximum atomic E-state index is 13.3. The van der Waals surface area contributed by atoms with E-state index in [-0.39, 0.29) is 23.5 Å². The number of nitrogens with one attached hydrogen (secondary N) is 2. The lowest BCUT2D eigenvalue weighted by molar-refractivity contribution is -0.135. The maximum Gasteiger partial charge on any atom is 0.340 e. The molecule has 148 valence electrons. The maximum absolute atomic E-state index is 13.3. The molecular formula is C20H20F2N2O4. The SMILES string of the molecule is CCOC(=O)c1ccccc1NC(=O)C(C)(C)C(=O)Nc1ccc(F)c(F)c1. The molecule has 0 unspecified atom stereocenters. The predicted octanol–water partition coefficient (Wildman–Crippen LogP) is 3.74. The molecule has 2 aromatic carbocycles. The van der Waals surface area contributed by atoms with E-state index in [0.717, 1.165) is 12.1 Å². The standard InChI is InChI=1S/C20H20F2N2O4/c1-4-28-17(25)13-7-5-6-8-16(13)24-19(27)20(2,3)18(26)23-12-9-10-14(21)15(22)11-12/h5-11H,4H2,1-3H3,(H,23,26)(H,24,27). The van der Waals surface area contributed by atoms with E-state index in [4.69, 9.17) is 4.74 Å². The van der Waals surface area contributed by atoms with E-state index in [1.165, 1.54) is 32.0 Å². The molecular weight excluding hydrogens is 370 g/mol. The second kappa shape index (κ2) is 8.60. The van der Waals surface area contributed by atoms with Crippen molar-refractivity contribution < 1.29 is 27.9 Å². The van der Waals surface area contributed by atoms with Crippen LogP contribution in [0.15, 0.2) is 42.5 Å². The fourth-order valence-electron chi connectivity index (χ4n) is 2.22. The van der Waals surface area contributed by atoms with Gasteiger partial charge < -0.3 is 15.4 Å². The molecule has 2 N–H and O–H groups in total. The molecule has 8 heteroatoms. The quantitative estimate of drug-likeness (QED) is 0.581. The Kier molecular flexibility index (Phi) is 6.45. The summed E-state index contributed by atoms with van der Waals surface area (Å²) in [7, 11) is 0. The van der Waals surface area contributed by atoms with Gasteiger partial charge in [0.15, 0.2) is 11.6 Å². The number of halogens is 2. The highest BCUT2D eigenvalue weighted by molar-refractivity contribution is 6.15. The number of benzene rings is 2. The van der Waals surface area contributed by atoms with Gasteiger partial charge in [-0.3, -0.25) is 9.59 Å². The van der Waals surface area contributed by atoms with Crippen molar-refractivity contribution in [2.45, 2.75) is 20.8 Å². The number of hydrogen-bond acceptors (Lipinski definition) is 4. The minimum Gasteiger partial charge on any atom is -0.462 e. The molecule has 0 atom stereocenters. The molecule has 0 aliphatic heterocycles. The lowest BCUT2D eigenvalue weighted by Gasteiger charge is -2.23. The summed E-state index contributed by atoms with van der Waals surface area (Å²) in [5.74, 6) is -4.20. The van der Waals surface area contributed by atoms with Crippen molar-refractivity contribution in [2.24, 2.45) is 5.41 Å². The first-order valence-electron chi connectivity index (χ1n) is 8.51. The van der Waals surface area contributed by atoms with Gasteiger partial charge in [-0.25, -0.2) is 13.6 Å². The van der Waals surface area contributed by atoms with Gasteiger partial charge in [-0.15, -0.1) is 0 Å². The van der Waals surface area contributed by atoms with Crippen molar-refractivity contribution in [3.05, 3.63) is 59.7 Å². The molecule has 0 fully saturated rings. The van der Waals surface area contributed by atoms with E-state index in [1.54, 1.807) is 19.1 Å². The van der Waals surface area contributed by atoms with Crippen molar-refractivity contribution in [3.8, 4) is 0 Å². The molecule has 0 aromatic heterocycles. The zero-order valence-corrected chi connectivity index (χ0v) is 15.6. The summed E-state index contributed by atoms with van der Waals surface area (Å²) in [6.45, 7) is 4.56. The first-order valence-corrected chi connectivity index (χ1v) is 8.51. The predicted molar refractivity (Wildman–Crippen MR) is 99.8 cm³/mol. The highest BCUT2D eigenvalue weighted by atomic mass is 19.2. The molecule has 0 spiro atoms. The smallest absolute Gasteiger partial charge is 0.340 e. The number of hydrogen-bond donors (Lipinski definition) is 2. The van der Waals surface area contributed by atoms with Gasteiger partial charge in [0.1, 0.15) is 5.41 Å². The van der Waals surface area contributed by atoms with Crippen LogP contribution >= 0.6 is 0 Å². The Labute approximate surface area is 160 Å². The Morgan fingerprint density at radius 1 is 0.964 bits per heavy atom. The van der Waals surface area contributed by atoms with Crippen LogP contribution in [0, 0.1) is 17.0 Å². The molecule has 2 aromatic rings. The van der Waals surface area contributed by atoms with E-state index >= 15 is 0 Å². The average molecular weight is 390 g/mol. The summed E-state index contributed by atoms with van der Waals surface area (Å²) in [6, 6.07) is 9.09. The van der Waals surface area contributed by atoms with E-state index in [9.17, 15) is 23.2 Å². The van der Waals surface area contributed by atoms with E-state index in [1.807, 2.05) is 0 Å². The fourth-order valence-corrected chi connectivity index (χ4v) is 2.22. The average Bonchev–Trinajstić information content (AvgIpc) is 2.65. The first kappa shape index (κ1) is 21.0. The summed E-state index contributed by atoms with van der Waals surface area (Å²) >= 11 is 0. The number of carbonyl (C=O) groups is 3. The number of amides is 2. The van der Waals surface area contributed by atoms with Gasteiger partial charge in [0.25, 0.3) is 0 Å². The number of anilines is 2. The van der Waals surface area contributed by atoms with Gasteiger partial charge in [0, 0.05) is 11.8 Å². The van der Waals surface area contributed by atoms with Crippen LogP contribution in [0.2, 0.25) is 0 Å². The van der Waals surface area contributed by atoms with Crippen molar-refractivity contribution in [1.29, 1.82) is 0 Å².